The van der Waals surface area contributed by atoms with Gasteiger partial charge in [-0.25, -0.2) is 48.3 Å². The summed E-state index contributed by atoms with van der Waals surface area (Å²) < 4.78 is 66.4. The van der Waals surface area contributed by atoms with Crippen LogP contribution < -0.4 is 18.9 Å². The third-order valence-electron chi connectivity index (χ3n) is 18.4. The minimum atomic E-state index is -0.935. The normalized spacial score (nSPS) is 11.2. The number of aromatic nitrogens is 4. The Morgan fingerprint density at radius 3 is 0.558 bits per heavy atom. The van der Waals surface area contributed by atoms with Crippen molar-refractivity contribution in [1.82, 2.24) is 19.9 Å². The summed E-state index contributed by atoms with van der Waals surface area (Å²) in [6, 6.07) is 39.5. The molecule has 0 saturated heterocycles. The van der Waals surface area contributed by atoms with Crippen LogP contribution in [0.1, 0.15) is 82.9 Å². The molecule has 4 heterocycles. The summed E-state index contributed by atoms with van der Waals surface area (Å²) in [4.78, 5) is 135. The van der Waals surface area contributed by atoms with Crippen molar-refractivity contribution >= 4 is 91.4 Å². The standard InChI is InChI=1S/C80H62N4O20/c1-93-41-21-13-37(14-22-41)61-65-45-29-53(73(85)97-5)55(75(87)99-7)31-47(45)67(81-65)62(38-15-23-42(94-2)24-16-38)69-49-33-57(77(89)101-9)59(79(91)103-11)35-51(49)71(83-69)64(40-19-27-44(96-4)28-20-40)72-52-36-60(80(92)104-12)58(78(90)102-10)34-50(52)70(84-72)63(39-17-25-43(95-3)26-18-39)68-48-32-56(76(88)100-8)54(74(86)98-6)30-46(48)66(61)82-68/h13-36,81,84H,1-12H3. The van der Waals surface area contributed by atoms with Crippen LogP contribution in [0.3, 0.4) is 0 Å². The molecule has 0 amide bonds. The molecule has 1 aliphatic carbocycles. The highest BCUT2D eigenvalue weighted by Crippen LogP contribution is 2.54. The molecule has 2 N–H and O–H groups in total. The lowest BCUT2D eigenvalue weighted by Gasteiger charge is -2.13. The summed E-state index contributed by atoms with van der Waals surface area (Å²) in [5, 5.41) is 0.969. The lowest BCUT2D eigenvalue weighted by atomic mass is 9.89. The average Bonchev–Trinajstić information content (AvgIpc) is 1.55. The lowest BCUT2D eigenvalue weighted by molar-refractivity contribution is 0.0555. The second-order valence-corrected chi connectivity index (χ2v) is 23.5. The Balaban J connectivity index is 1.48. The smallest absolute Gasteiger partial charge is 0.338 e. The number of hydrogen-bond acceptors (Lipinski definition) is 22. The number of carbonyl (C=O) groups is 8. The highest BCUT2D eigenvalue weighted by Gasteiger charge is 2.36. The van der Waals surface area contributed by atoms with E-state index in [4.69, 9.17) is 66.8 Å². The predicted octanol–water partition coefficient (Wildman–Crippen LogP) is 14.3. The van der Waals surface area contributed by atoms with Gasteiger partial charge in [-0.3, -0.25) is 0 Å². The number of nitrogens with one attached hydrogen (secondary N) is 2. The highest BCUT2D eigenvalue weighted by atomic mass is 16.6. The van der Waals surface area contributed by atoms with E-state index < -0.39 is 47.8 Å². The quantitative estimate of drug-likeness (QED) is 0.0670. The van der Waals surface area contributed by atoms with Gasteiger partial charge in [0, 0.05) is 66.1 Å². The van der Waals surface area contributed by atoms with E-state index >= 15 is 0 Å². The van der Waals surface area contributed by atoms with E-state index in [1.165, 1.54) is 77.0 Å². The van der Waals surface area contributed by atoms with E-state index in [-0.39, 0.29) is 155 Å². The zero-order chi connectivity index (χ0) is 73.7. The van der Waals surface area contributed by atoms with Crippen LogP contribution in [0, 0.1) is 0 Å². The molecule has 0 atom stereocenters. The van der Waals surface area contributed by atoms with E-state index in [0.717, 1.165) is 56.9 Å². The van der Waals surface area contributed by atoms with Crippen LogP contribution in [-0.4, -0.2) is 153 Å². The Kier molecular flexibility index (Phi) is 18.4. The molecular weight excluding hydrogens is 1340 g/mol. The van der Waals surface area contributed by atoms with Gasteiger partial charge < -0.3 is 66.8 Å². The first-order chi connectivity index (χ1) is 50.3. The summed E-state index contributed by atoms with van der Waals surface area (Å²) >= 11 is 0. The number of rotatable bonds is 16. The largest absolute Gasteiger partial charge is 0.497 e. The monoisotopic (exact) mass is 1400 g/mol. The molecular formula is C80H62N4O20. The number of benzene rings is 8. The molecule has 0 fully saturated rings. The van der Waals surface area contributed by atoms with Crippen LogP contribution in [-0.2, 0) is 37.9 Å². The topological polar surface area (TPSA) is 305 Å². The molecule has 8 bridgehead atoms. The van der Waals surface area contributed by atoms with Crippen LogP contribution in [0.5, 0.6) is 23.0 Å². The fraction of sp³-hybridized carbons (Fsp3) is 0.150. The molecule has 2 aliphatic heterocycles. The number of H-pyrrole nitrogens is 2. The minimum absolute atomic E-state index is 0.110. The van der Waals surface area contributed by atoms with Crippen molar-refractivity contribution in [3.8, 4) is 113 Å². The third kappa shape index (κ3) is 11.5. The van der Waals surface area contributed by atoms with Crippen molar-refractivity contribution in [2.75, 3.05) is 85.3 Å². The molecule has 0 unspecified atom stereocenters. The third-order valence-corrected chi connectivity index (χ3v) is 18.4. The van der Waals surface area contributed by atoms with Crippen molar-refractivity contribution in [2.45, 2.75) is 0 Å². The van der Waals surface area contributed by atoms with Gasteiger partial charge in [0.2, 0.25) is 0 Å². The number of ether oxygens (including phenoxy) is 12. The Bertz CT molecular complexity index is 4990. The molecule has 24 nitrogen and oxygen atoms in total. The zero-order valence-corrected chi connectivity index (χ0v) is 57.9. The zero-order valence-electron chi connectivity index (χ0n) is 57.9. The number of aromatic amines is 2. The molecule has 2 aromatic heterocycles. The lowest BCUT2D eigenvalue weighted by Crippen LogP contribution is -2.12. The van der Waals surface area contributed by atoms with Crippen LogP contribution in [0.15, 0.2) is 146 Å². The van der Waals surface area contributed by atoms with Crippen molar-refractivity contribution in [3.63, 3.8) is 0 Å². The Morgan fingerprint density at radius 2 is 0.404 bits per heavy atom. The van der Waals surface area contributed by atoms with E-state index in [9.17, 15) is 38.4 Å². The number of carbonyl (C=O) groups excluding carboxylic acids is 8. The predicted molar refractivity (Wildman–Crippen MR) is 384 cm³/mol. The summed E-state index contributed by atoms with van der Waals surface area (Å²) in [6.07, 6.45) is 0. The number of methoxy groups -OCH3 is 12. The Hall–Kier alpha value is -13.6. The molecule has 13 rings (SSSR count). The second kappa shape index (κ2) is 27.8. The van der Waals surface area contributed by atoms with Gasteiger partial charge in [-0.1, -0.05) is 48.5 Å². The van der Waals surface area contributed by atoms with Crippen molar-refractivity contribution in [3.05, 3.63) is 190 Å². The fourth-order valence-electron chi connectivity index (χ4n) is 13.4. The number of hydrogen-bond donors (Lipinski definition) is 2. The molecule has 10 aromatic rings. The number of nitrogens with zero attached hydrogens (tertiary/aromatic N) is 2. The Labute approximate surface area is 591 Å². The van der Waals surface area contributed by atoms with Gasteiger partial charge in [0.1, 0.15) is 23.0 Å². The molecule has 104 heavy (non-hydrogen) atoms. The van der Waals surface area contributed by atoms with Gasteiger partial charge in [-0.05, 0) is 119 Å². The van der Waals surface area contributed by atoms with Gasteiger partial charge >= 0.3 is 47.8 Å². The first-order valence-electron chi connectivity index (χ1n) is 31.8. The van der Waals surface area contributed by atoms with Crippen LogP contribution >= 0.6 is 0 Å². The molecule has 0 saturated carbocycles. The van der Waals surface area contributed by atoms with E-state index in [2.05, 4.69) is 9.97 Å². The molecule has 0 radical (unpaired) electrons. The van der Waals surface area contributed by atoms with Gasteiger partial charge in [0.25, 0.3) is 0 Å². The molecule has 522 valence electrons. The van der Waals surface area contributed by atoms with E-state index in [1.807, 2.05) is 0 Å². The minimum Gasteiger partial charge on any atom is -0.497 e. The average molecular weight is 1400 g/mol. The Morgan fingerprint density at radius 1 is 0.240 bits per heavy atom. The van der Waals surface area contributed by atoms with Crippen LogP contribution in [0.25, 0.3) is 133 Å². The summed E-state index contributed by atoms with van der Waals surface area (Å²) in [6.45, 7) is 0. The van der Waals surface area contributed by atoms with Crippen LogP contribution in [0.2, 0.25) is 0 Å². The highest BCUT2D eigenvalue weighted by molar-refractivity contribution is 6.25. The molecule has 3 aliphatic rings. The fourth-order valence-corrected chi connectivity index (χ4v) is 13.4. The van der Waals surface area contributed by atoms with Gasteiger partial charge in [-0.2, -0.15) is 0 Å². The van der Waals surface area contributed by atoms with E-state index in [1.54, 1.807) is 97.1 Å². The first-order valence-corrected chi connectivity index (χ1v) is 31.8. The van der Waals surface area contributed by atoms with Crippen molar-refractivity contribution in [2.24, 2.45) is 0 Å². The number of esters is 8. The summed E-state index contributed by atoms with van der Waals surface area (Å²) in [5.41, 5.74) is 2.86. The molecule has 0 spiro atoms. The summed E-state index contributed by atoms with van der Waals surface area (Å²) in [7, 11) is 15.3. The van der Waals surface area contributed by atoms with Gasteiger partial charge in [0.05, 0.1) is 175 Å². The SMILES string of the molecule is COC(=O)c1cc2c(cc1C(=O)OC)-c1nc-2c(-c2ccc(OC)cc2)c2[nH]c(c(-c3ccc(OC)cc3)c3nc(c(-c4ccc(OC)cc4)c4[nH]c(c1-c1ccc(OC)cc1)c1cc(C(=O)OC)c(C(=O)OC)cc41)-c1cc(C(=O)OC)c(C(=O)OC)cc1-3)c1cc(C(=O)OC)c(C(=O)OC)cc21. The van der Waals surface area contributed by atoms with E-state index in [0.29, 0.717) is 45.3 Å². The summed E-state index contributed by atoms with van der Waals surface area (Å²) in [5.74, 6) is -5.72. The maximum atomic E-state index is 14.5. The maximum Gasteiger partial charge on any atom is 0.338 e. The van der Waals surface area contributed by atoms with Gasteiger partial charge in [-0.15, -0.1) is 0 Å². The maximum absolute atomic E-state index is 14.5. The van der Waals surface area contributed by atoms with Crippen LogP contribution in [0.4, 0.5) is 0 Å². The van der Waals surface area contributed by atoms with Gasteiger partial charge in [0.15, 0.2) is 0 Å². The molecule has 8 aromatic carbocycles. The van der Waals surface area contributed by atoms with Crippen molar-refractivity contribution in [1.29, 1.82) is 0 Å². The van der Waals surface area contributed by atoms with Crippen molar-refractivity contribution < 1.29 is 95.2 Å². The molecule has 24 heteroatoms. The first kappa shape index (κ1) is 68.9. The second-order valence-electron chi connectivity index (χ2n) is 23.5.